The second-order valence-corrected chi connectivity index (χ2v) is 6.43. The maximum Gasteiger partial charge on any atom is 0.275 e. The number of aromatic nitrogens is 4. The van der Waals surface area contributed by atoms with Gasteiger partial charge in [0.2, 0.25) is 0 Å². The fraction of sp³-hybridized carbons (Fsp3) is 0.529. The van der Waals surface area contributed by atoms with Crippen molar-refractivity contribution in [3.63, 3.8) is 0 Å². The lowest BCUT2D eigenvalue weighted by Crippen LogP contribution is -2.44. The summed E-state index contributed by atoms with van der Waals surface area (Å²) in [6, 6.07) is 3.38. The minimum Gasteiger partial charge on any atom is -0.377 e. The molecule has 25 heavy (non-hydrogen) atoms. The number of ether oxygens (including phenoxy) is 1. The summed E-state index contributed by atoms with van der Waals surface area (Å²) in [6.45, 7) is 3.47. The summed E-state index contributed by atoms with van der Waals surface area (Å²) in [6.07, 6.45) is 5.92. The SMILES string of the molecule is Cn1ccc(C(=O)N2CCOC[C@@H]2c2nccc(N3CCCC3)n2)n1. The number of amides is 1. The van der Waals surface area contributed by atoms with Crippen molar-refractivity contribution < 1.29 is 9.53 Å². The number of rotatable bonds is 3. The van der Waals surface area contributed by atoms with Gasteiger partial charge < -0.3 is 14.5 Å². The minimum absolute atomic E-state index is 0.107. The minimum atomic E-state index is -0.286. The number of carbonyl (C=O) groups excluding carboxylic acids is 1. The van der Waals surface area contributed by atoms with Crippen molar-refractivity contribution >= 4 is 11.7 Å². The molecule has 0 spiro atoms. The molecule has 0 saturated carbocycles. The molecular weight excluding hydrogens is 320 g/mol. The van der Waals surface area contributed by atoms with Gasteiger partial charge in [-0.3, -0.25) is 9.48 Å². The zero-order chi connectivity index (χ0) is 17.2. The lowest BCUT2D eigenvalue weighted by Gasteiger charge is -2.34. The lowest BCUT2D eigenvalue weighted by atomic mass is 10.2. The van der Waals surface area contributed by atoms with Crippen molar-refractivity contribution in [2.24, 2.45) is 7.05 Å². The third kappa shape index (κ3) is 3.21. The summed E-state index contributed by atoms with van der Waals surface area (Å²) in [5, 5.41) is 4.23. The topological polar surface area (TPSA) is 76.4 Å². The summed E-state index contributed by atoms with van der Waals surface area (Å²) >= 11 is 0. The second kappa shape index (κ2) is 6.79. The van der Waals surface area contributed by atoms with Gasteiger partial charge in [0.15, 0.2) is 5.82 Å². The molecule has 0 aliphatic carbocycles. The van der Waals surface area contributed by atoms with Crippen LogP contribution in [0.15, 0.2) is 24.5 Å². The lowest BCUT2D eigenvalue weighted by molar-refractivity contribution is -0.00554. The van der Waals surface area contributed by atoms with Gasteiger partial charge in [-0.2, -0.15) is 5.10 Å². The molecule has 4 rings (SSSR count). The molecule has 8 nitrogen and oxygen atoms in total. The normalized spacial score (nSPS) is 20.9. The summed E-state index contributed by atoms with van der Waals surface area (Å²) < 4.78 is 7.24. The van der Waals surface area contributed by atoms with Gasteiger partial charge in [0, 0.05) is 39.1 Å². The van der Waals surface area contributed by atoms with Crippen LogP contribution in [0.1, 0.15) is 35.2 Å². The molecule has 2 aromatic rings. The van der Waals surface area contributed by atoms with Crippen molar-refractivity contribution in [3.05, 3.63) is 36.0 Å². The van der Waals surface area contributed by atoms with E-state index < -0.39 is 0 Å². The fourth-order valence-electron chi connectivity index (χ4n) is 3.38. The molecule has 4 heterocycles. The predicted molar refractivity (Wildman–Crippen MR) is 91.3 cm³/mol. The van der Waals surface area contributed by atoms with Crippen LogP contribution in [0.5, 0.6) is 0 Å². The Kier molecular flexibility index (Phi) is 4.35. The third-order valence-electron chi connectivity index (χ3n) is 4.71. The van der Waals surface area contributed by atoms with Gasteiger partial charge in [0.25, 0.3) is 5.91 Å². The maximum atomic E-state index is 12.9. The first-order valence-electron chi connectivity index (χ1n) is 8.68. The smallest absolute Gasteiger partial charge is 0.275 e. The predicted octanol–water partition coefficient (Wildman–Crippen LogP) is 1.02. The van der Waals surface area contributed by atoms with E-state index in [0.29, 0.717) is 31.3 Å². The van der Waals surface area contributed by atoms with Crippen LogP contribution in [0, 0.1) is 0 Å². The Labute approximate surface area is 146 Å². The molecule has 0 aromatic carbocycles. The Morgan fingerprint density at radius 3 is 2.84 bits per heavy atom. The van der Waals surface area contributed by atoms with Crippen molar-refractivity contribution in [1.29, 1.82) is 0 Å². The molecule has 1 amide bonds. The first-order chi connectivity index (χ1) is 12.2. The molecular formula is C17H22N6O2. The molecule has 132 valence electrons. The number of hydrogen-bond donors (Lipinski definition) is 0. The zero-order valence-corrected chi connectivity index (χ0v) is 14.3. The summed E-state index contributed by atoms with van der Waals surface area (Å²) in [4.78, 5) is 26.1. The number of anilines is 1. The van der Waals surface area contributed by atoms with Crippen molar-refractivity contribution in [2.45, 2.75) is 18.9 Å². The highest BCUT2D eigenvalue weighted by molar-refractivity contribution is 5.92. The summed E-state index contributed by atoms with van der Waals surface area (Å²) in [5.74, 6) is 1.45. The van der Waals surface area contributed by atoms with Crippen LogP contribution in [0.3, 0.4) is 0 Å². The molecule has 2 saturated heterocycles. The summed E-state index contributed by atoms with van der Waals surface area (Å²) in [5.41, 5.74) is 0.435. The van der Waals surface area contributed by atoms with Crippen LogP contribution < -0.4 is 4.90 Å². The van der Waals surface area contributed by atoms with E-state index in [4.69, 9.17) is 9.72 Å². The van der Waals surface area contributed by atoms with Crippen molar-refractivity contribution in [3.8, 4) is 0 Å². The van der Waals surface area contributed by atoms with Crippen LogP contribution in [0.25, 0.3) is 0 Å². The first kappa shape index (κ1) is 16.0. The van der Waals surface area contributed by atoms with E-state index in [2.05, 4.69) is 15.0 Å². The number of aryl methyl sites for hydroxylation is 1. The molecule has 2 aliphatic rings. The first-order valence-corrected chi connectivity index (χ1v) is 8.68. The average molecular weight is 342 g/mol. The van der Waals surface area contributed by atoms with E-state index in [1.165, 1.54) is 12.8 Å². The highest BCUT2D eigenvalue weighted by Crippen LogP contribution is 2.25. The number of carbonyl (C=O) groups is 1. The van der Waals surface area contributed by atoms with Gasteiger partial charge in [-0.15, -0.1) is 0 Å². The van der Waals surface area contributed by atoms with Gasteiger partial charge in [-0.05, 0) is 25.0 Å². The Hall–Kier alpha value is -2.48. The van der Waals surface area contributed by atoms with Gasteiger partial charge in [0.05, 0.1) is 13.2 Å². The van der Waals surface area contributed by atoms with E-state index in [9.17, 15) is 4.79 Å². The highest BCUT2D eigenvalue weighted by atomic mass is 16.5. The Morgan fingerprint density at radius 2 is 2.08 bits per heavy atom. The van der Waals surface area contributed by atoms with Gasteiger partial charge >= 0.3 is 0 Å². The fourth-order valence-corrected chi connectivity index (χ4v) is 3.38. The highest BCUT2D eigenvalue weighted by Gasteiger charge is 2.32. The van der Waals surface area contributed by atoms with Crippen LogP contribution in [0.2, 0.25) is 0 Å². The van der Waals surface area contributed by atoms with Gasteiger partial charge in [-0.1, -0.05) is 0 Å². The third-order valence-corrected chi connectivity index (χ3v) is 4.71. The number of morpholine rings is 1. The summed E-state index contributed by atoms with van der Waals surface area (Å²) in [7, 11) is 1.80. The Bertz CT molecular complexity index is 755. The van der Waals surface area contributed by atoms with Crippen molar-refractivity contribution in [2.75, 3.05) is 37.7 Å². The zero-order valence-electron chi connectivity index (χ0n) is 14.3. The molecule has 2 aliphatic heterocycles. The molecule has 2 aromatic heterocycles. The number of hydrogen-bond acceptors (Lipinski definition) is 6. The Morgan fingerprint density at radius 1 is 1.24 bits per heavy atom. The van der Waals surface area contributed by atoms with Crippen LogP contribution in [-0.4, -0.2) is 63.4 Å². The van der Waals surface area contributed by atoms with E-state index in [1.54, 1.807) is 35.1 Å². The van der Waals surface area contributed by atoms with Crippen LogP contribution in [0.4, 0.5) is 5.82 Å². The monoisotopic (exact) mass is 342 g/mol. The second-order valence-electron chi connectivity index (χ2n) is 6.43. The molecule has 8 heteroatoms. The van der Waals surface area contributed by atoms with Crippen molar-refractivity contribution in [1.82, 2.24) is 24.6 Å². The van der Waals surface area contributed by atoms with Gasteiger partial charge in [-0.25, -0.2) is 9.97 Å². The maximum absolute atomic E-state index is 12.9. The molecule has 0 radical (unpaired) electrons. The van der Waals surface area contributed by atoms with E-state index >= 15 is 0 Å². The average Bonchev–Trinajstić information content (AvgIpc) is 3.33. The standard InChI is InChI=1S/C17H22N6O2/c1-21-9-5-13(20-21)17(24)23-10-11-25-12-14(23)16-18-6-4-15(19-16)22-7-2-3-8-22/h4-6,9,14H,2-3,7-8,10-12H2,1H3/t14-/m1/s1. The quantitative estimate of drug-likeness (QED) is 0.829. The van der Waals surface area contributed by atoms with E-state index in [1.807, 2.05) is 6.07 Å². The van der Waals surface area contributed by atoms with Crippen LogP contribution in [-0.2, 0) is 11.8 Å². The van der Waals surface area contributed by atoms with Gasteiger partial charge in [0.1, 0.15) is 17.6 Å². The Balaban J connectivity index is 1.60. The molecule has 1 atom stereocenters. The van der Waals surface area contributed by atoms with E-state index in [0.717, 1.165) is 18.9 Å². The largest absolute Gasteiger partial charge is 0.377 e. The number of nitrogens with zero attached hydrogens (tertiary/aromatic N) is 6. The molecule has 2 fully saturated rings. The molecule has 0 unspecified atom stereocenters. The van der Waals surface area contributed by atoms with Crippen LogP contribution >= 0.6 is 0 Å². The molecule has 0 bridgehead atoms. The molecule has 0 N–H and O–H groups in total. The van der Waals surface area contributed by atoms with E-state index in [-0.39, 0.29) is 11.9 Å².